The van der Waals surface area contributed by atoms with Crippen LogP contribution in [0, 0.1) is 0 Å². The number of benzene rings is 1. The largest absolute Gasteiger partial charge is 0.462 e. The summed E-state index contributed by atoms with van der Waals surface area (Å²) < 4.78 is 68.1. The fourth-order valence-corrected chi connectivity index (χ4v) is 4.66. The fraction of sp³-hybridized carbons (Fsp3) is 0.591. The lowest BCUT2D eigenvalue weighted by Gasteiger charge is -2.37. The molecule has 3 rings (SSSR count). The van der Waals surface area contributed by atoms with Crippen LogP contribution in [-0.4, -0.2) is 82.3 Å². The monoisotopic (exact) mass is 533 g/mol. The molecule has 13 nitrogen and oxygen atoms in total. The van der Waals surface area contributed by atoms with Crippen molar-refractivity contribution in [3.8, 4) is 5.75 Å². The Labute approximate surface area is 214 Å². The molecule has 1 aromatic rings. The van der Waals surface area contributed by atoms with Crippen molar-refractivity contribution in [1.82, 2.24) is 15.3 Å². The molecule has 0 unspecified atom stereocenters. The first kappa shape index (κ1) is 22.6. The lowest BCUT2D eigenvalue weighted by molar-refractivity contribution is -0.149. The molecule has 1 aromatic carbocycles. The number of imide groups is 1. The number of hydrogen-bond acceptors (Lipinski definition) is 10. The zero-order chi connectivity index (χ0) is 30.3. The number of nitrogens with one attached hydrogen (secondary N) is 2. The van der Waals surface area contributed by atoms with Crippen molar-refractivity contribution < 1.29 is 53.2 Å². The zero-order valence-electron chi connectivity index (χ0n) is 24.0. The van der Waals surface area contributed by atoms with Crippen LogP contribution < -0.4 is 14.9 Å². The first-order chi connectivity index (χ1) is 18.3. The van der Waals surface area contributed by atoms with Crippen molar-refractivity contribution in [1.29, 1.82) is 0 Å². The van der Waals surface area contributed by atoms with E-state index in [1.807, 2.05) is 5.32 Å². The highest BCUT2D eigenvalue weighted by molar-refractivity contribution is 7.52. The Morgan fingerprint density at radius 1 is 1.39 bits per heavy atom. The van der Waals surface area contributed by atoms with E-state index < -0.39 is 81.3 Å². The van der Waals surface area contributed by atoms with Crippen molar-refractivity contribution in [2.24, 2.45) is 0 Å². The Bertz CT molecular complexity index is 1170. The molecule has 200 valence electrons. The van der Waals surface area contributed by atoms with Gasteiger partial charge in [-0.25, -0.2) is 9.36 Å². The Balaban J connectivity index is 1.92. The van der Waals surface area contributed by atoms with Crippen LogP contribution in [0.3, 0.4) is 0 Å². The van der Waals surface area contributed by atoms with Gasteiger partial charge in [-0.1, -0.05) is 18.2 Å². The van der Waals surface area contributed by atoms with Gasteiger partial charge in [0.1, 0.15) is 29.6 Å². The molecule has 0 spiro atoms. The maximum Gasteiger partial charge on any atom is 0.459 e. The Kier molecular flexibility index (Phi) is 7.07. The summed E-state index contributed by atoms with van der Waals surface area (Å²) >= 11 is 0. The zero-order valence-corrected chi connectivity index (χ0v) is 20.9. The number of hydrogen-bond donors (Lipinski definition) is 4. The van der Waals surface area contributed by atoms with E-state index in [4.69, 9.17) is 24.0 Å². The van der Waals surface area contributed by atoms with Gasteiger partial charge in [-0.05, 0) is 39.8 Å². The van der Waals surface area contributed by atoms with Gasteiger partial charge in [-0.15, -0.1) is 0 Å². The standard InChI is InChI=1S/C22H32N3O10P/c1-13(2)33-19(28)14(3)24-36(31,35-15-8-6-5-7-9-15)32-12-16-18(27)22(4,30)20(34-16)25-11-10-17(26)23-21(25)29/h5-9,13-14,16,18,20,27,30H,10-12H2,1-4H3,(H,24,31)(H,23,26,29)/t14-,16+,18+,20+,22+,36-/m0/s1/i11D2,12D2. The lowest BCUT2D eigenvalue weighted by Crippen LogP contribution is -2.60. The minimum atomic E-state index is -4.85. The summed E-state index contributed by atoms with van der Waals surface area (Å²) in [6, 6.07) is 4.81. The first-order valence-electron chi connectivity index (χ1n) is 13.0. The first-order valence-corrected chi connectivity index (χ1v) is 12.6. The quantitative estimate of drug-likeness (QED) is 0.249. The highest BCUT2D eigenvalue weighted by Crippen LogP contribution is 2.46. The molecule has 0 saturated carbocycles. The molecule has 14 heteroatoms. The summed E-state index contributed by atoms with van der Waals surface area (Å²) in [7, 11) is -4.85. The van der Waals surface area contributed by atoms with Crippen molar-refractivity contribution in [3.63, 3.8) is 0 Å². The van der Waals surface area contributed by atoms with E-state index in [1.54, 1.807) is 19.9 Å². The number of rotatable bonds is 10. The van der Waals surface area contributed by atoms with Gasteiger partial charge in [-0.3, -0.25) is 24.3 Å². The molecule has 36 heavy (non-hydrogen) atoms. The van der Waals surface area contributed by atoms with Crippen molar-refractivity contribution in [3.05, 3.63) is 30.3 Å². The van der Waals surface area contributed by atoms with Crippen molar-refractivity contribution in [2.45, 2.75) is 70.3 Å². The van der Waals surface area contributed by atoms with Crippen LogP contribution in [0.1, 0.15) is 39.6 Å². The number of urea groups is 1. The summed E-state index contributed by atoms with van der Waals surface area (Å²) in [5.74, 6) is -1.84. The topological polar surface area (TPSA) is 173 Å². The minimum absolute atomic E-state index is 0.0424. The van der Waals surface area contributed by atoms with Crippen LogP contribution in [0.15, 0.2) is 30.3 Å². The highest BCUT2D eigenvalue weighted by atomic mass is 31.2. The molecule has 0 radical (unpaired) electrons. The molecule has 0 aromatic heterocycles. The van der Waals surface area contributed by atoms with Crippen LogP contribution >= 0.6 is 7.75 Å². The second-order valence-corrected chi connectivity index (χ2v) is 10.2. The number of carbonyl (C=O) groups excluding carboxylic acids is 3. The Hall–Kier alpha value is -2.54. The van der Waals surface area contributed by atoms with Gasteiger partial charge in [0.15, 0.2) is 6.23 Å². The van der Waals surface area contributed by atoms with Gasteiger partial charge in [0, 0.05) is 12.9 Å². The van der Waals surface area contributed by atoms with E-state index in [0.29, 0.717) is 4.90 Å². The fourth-order valence-electron chi connectivity index (χ4n) is 3.30. The summed E-state index contributed by atoms with van der Waals surface area (Å²) in [6.07, 6.45) is -7.73. The number of ether oxygens (including phenoxy) is 2. The van der Waals surface area contributed by atoms with Crippen LogP contribution in [0.4, 0.5) is 4.79 Å². The van der Waals surface area contributed by atoms with Crippen molar-refractivity contribution in [2.75, 3.05) is 13.1 Å². The smallest absolute Gasteiger partial charge is 0.459 e. The molecule has 0 aliphatic carbocycles. The van der Waals surface area contributed by atoms with Crippen LogP contribution in [-0.2, 0) is 28.2 Å². The third-order valence-corrected chi connectivity index (χ3v) is 6.59. The SMILES string of the molecule is [2H]C([2H])(O[P@@](=O)(N[C@@H](C)C(=O)OC(C)C)Oc1ccccc1)[C@H]1O[C@@H](N2C(=O)NC(=O)CC2([2H])[2H])[C@](C)(O)[C@@H]1O. The molecule has 2 aliphatic rings. The van der Waals surface area contributed by atoms with Crippen LogP contribution in [0.25, 0.3) is 0 Å². The number of aliphatic hydroxyl groups excluding tert-OH is 1. The van der Waals surface area contributed by atoms with Crippen LogP contribution in [0.5, 0.6) is 5.75 Å². The molecule has 3 amide bonds. The van der Waals surface area contributed by atoms with E-state index in [9.17, 15) is 29.2 Å². The molecule has 2 heterocycles. The van der Waals surface area contributed by atoms with Gasteiger partial charge in [0.25, 0.3) is 0 Å². The molecule has 2 saturated heterocycles. The van der Waals surface area contributed by atoms with E-state index in [0.717, 1.165) is 6.92 Å². The predicted octanol–water partition coefficient (Wildman–Crippen LogP) is 0.898. The molecule has 0 bridgehead atoms. The van der Waals surface area contributed by atoms with E-state index >= 15 is 0 Å². The third kappa shape index (κ3) is 6.61. The van der Waals surface area contributed by atoms with Gasteiger partial charge in [0.05, 0.1) is 18.1 Å². The number of esters is 1. The molecular weight excluding hydrogens is 497 g/mol. The second kappa shape index (κ2) is 11.2. The number of carbonyl (C=O) groups is 3. The molecule has 2 aliphatic heterocycles. The Morgan fingerprint density at radius 3 is 2.67 bits per heavy atom. The van der Waals surface area contributed by atoms with E-state index in [1.165, 1.54) is 31.2 Å². The predicted molar refractivity (Wildman–Crippen MR) is 125 cm³/mol. The number of aliphatic hydroxyl groups is 2. The average Bonchev–Trinajstić information content (AvgIpc) is 3.01. The normalized spacial score (nSPS) is 32.4. The van der Waals surface area contributed by atoms with Crippen molar-refractivity contribution >= 4 is 25.7 Å². The van der Waals surface area contributed by atoms with Gasteiger partial charge >= 0.3 is 19.7 Å². The van der Waals surface area contributed by atoms with Gasteiger partial charge < -0.3 is 24.2 Å². The maximum absolute atomic E-state index is 13.8. The maximum atomic E-state index is 13.8. The van der Waals surface area contributed by atoms with E-state index in [-0.39, 0.29) is 5.75 Å². The van der Waals surface area contributed by atoms with Gasteiger partial charge in [-0.2, -0.15) is 5.09 Å². The average molecular weight is 534 g/mol. The molecular formula is C22H32N3O10P. The van der Waals surface area contributed by atoms with Gasteiger partial charge in [0.2, 0.25) is 5.91 Å². The number of para-hydroxylation sites is 1. The van der Waals surface area contributed by atoms with E-state index in [2.05, 4.69) is 5.09 Å². The summed E-state index contributed by atoms with van der Waals surface area (Å²) in [5, 5.41) is 26.0. The third-order valence-electron chi connectivity index (χ3n) is 5.09. The Morgan fingerprint density at radius 2 is 2.06 bits per heavy atom. The second-order valence-electron chi connectivity index (χ2n) is 8.59. The minimum Gasteiger partial charge on any atom is -0.462 e. The summed E-state index contributed by atoms with van der Waals surface area (Å²) in [4.78, 5) is 36.9. The molecule has 2 fully saturated rings. The molecule has 4 N–H and O–H groups in total. The number of amides is 3. The lowest BCUT2D eigenvalue weighted by atomic mass is 9.96. The van der Waals surface area contributed by atoms with Crippen LogP contribution in [0.2, 0.25) is 0 Å². The summed E-state index contributed by atoms with van der Waals surface area (Å²) in [5.41, 5.74) is -2.50. The highest BCUT2D eigenvalue weighted by Gasteiger charge is 2.56. The number of nitrogens with zero attached hydrogens (tertiary/aromatic N) is 1. The summed E-state index contributed by atoms with van der Waals surface area (Å²) in [6.45, 7) is -0.545. The molecule has 6 atom stereocenters.